The maximum atomic E-state index is 5.08. The molecule has 6 heteroatoms. The van der Waals surface area contributed by atoms with Crippen LogP contribution in [0.1, 0.15) is 19.5 Å². The second kappa shape index (κ2) is 8.34. The summed E-state index contributed by atoms with van der Waals surface area (Å²) in [6.45, 7) is 8.32. The average molecular weight is 277 g/mol. The summed E-state index contributed by atoms with van der Waals surface area (Å²) >= 11 is 5.08. The van der Waals surface area contributed by atoms with Crippen molar-refractivity contribution < 1.29 is 0 Å². The zero-order chi connectivity index (χ0) is 14.1. The Morgan fingerprint density at radius 2 is 2.32 bits per heavy atom. The monoisotopic (exact) mass is 277 g/mol. The maximum absolute atomic E-state index is 5.08. The van der Waals surface area contributed by atoms with E-state index >= 15 is 0 Å². The molecule has 1 aromatic heterocycles. The molecule has 0 fully saturated rings. The molecular weight excluding hydrogens is 258 g/mol. The molecular formula is C13H19N5S. The molecule has 1 rings (SSSR count). The lowest BCUT2D eigenvalue weighted by Crippen LogP contribution is -2.42. The minimum Gasteiger partial charge on any atom is -0.297 e. The van der Waals surface area contributed by atoms with Gasteiger partial charge >= 0.3 is 0 Å². The topological polar surface area (TPSA) is 61.3 Å². The lowest BCUT2D eigenvalue weighted by molar-refractivity contribution is 0.700. The molecule has 0 aliphatic heterocycles. The minimum atomic E-state index is 0.242. The van der Waals surface area contributed by atoms with E-state index in [0.717, 1.165) is 11.4 Å². The van der Waals surface area contributed by atoms with Gasteiger partial charge in [0.2, 0.25) is 5.11 Å². The van der Waals surface area contributed by atoms with Gasteiger partial charge in [-0.1, -0.05) is 26.0 Å². The van der Waals surface area contributed by atoms with Crippen LogP contribution in [0.15, 0.2) is 42.2 Å². The Labute approximate surface area is 119 Å². The predicted octanol–water partition coefficient (Wildman–Crippen LogP) is 1.60. The number of nitrogens with zero attached hydrogens (tertiary/aromatic N) is 2. The molecule has 0 unspecified atom stereocenters. The molecule has 102 valence electrons. The van der Waals surface area contributed by atoms with Gasteiger partial charge in [0.15, 0.2) is 0 Å². The summed E-state index contributed by atoms with van der Waals surface area (Å²) in [5.74, 6) is 0.242. The van der Waals surface area contributed by atoms with Gasteiger partial charge in [0.05, 0.1) is 11.4 Å². The molecule has 0 aromatic carbocycles. The highest BCUT2D eigenvalue weighted by Gasteiger charge is 2.09. The molecule has 0 radical (unpaired) electrons. The van der Waals surface area contributed by atoms with Gasteiger partial charge in [0, 0.05) is 12.7 Å². The molecule has 19 heavy (non-hydrogen) atoms. The van der Waals surface area contributed by atoms with Crippen LogP contribution in [-0.4, -0.2) is 22.4 Å². The van der Waals surface area contributed by atoms with E-state index in [1.54, 1.807) is 12.3 Å². The van der Waals surface area contributed by atoms with Crippen molar-refractivity contribution in [1.82, 2.24) is 21.3 Å². The zero-order valence-corrected chi connectivity index (χ0v) is 12.0. The Morgan fingerprint density at radius 3 is 2.89 bits per heavy atom. The molecule has 0 amide bonds. The fourth-order valence-electron chi connectivity index (χ4n) is 1.34. The Balaban J connectivity index is 2.65. The van der Waals surface area contributed by atoms with Crippen LogP contribution in [0.25, 0.3) is 0 Å². The van der Waals surface area contributed by atoms with E-state index in [1.807, 2.05) is 18.2 Å². The molecule has 1 aromatic rings. The van der Waals surface area contributed by atoms with Crippen LogP contribution in [-0.2, 0) is 0 Å². The summed E-state index contributed by atoms with van der Waals surface area (Å²) in [7, 11) is 0. The van der Waals surface area contributed by atoms with Crippen LogP contribution in [0.4, 0.5) is 0 Å². The molecule has 0 saturated heterocycles. The average Bonchev–Trinajstić information content (AvgIpc) is 2.40. The van der Waals surface area contributed by atoms with Gasteiger partial charge in [0.1, 0.15) is 0 Å². The Hall–Kier alpha value is -1.79. The van der Waals surface area contributed by atoms with Gasteiger partial charge in [0.25, 0.3) is 0 Å². The SMILES string of the molecule is C=CCNNC(=S)N/N=C(/c1ccccn1)C(C)C. The van der Waals surface area contributed by atoms with Gasteiger partial charge in [-0.2, -0.15) is 5.10 Å². The quantitative estimate of drug-likeness (QED) is 0.242. The van der Waals surface area contributed by atoms with Crippen molar-refractivity contribution in [3.63, 3.8) is 0 Å². The van der Waals surface area contributed by atoms with E-state index in [9.17, 15) is 0 Å². The summed E-state index contributed by atoms with van der Waals surface area (Å²) in [4.78, 5) is 4.29. The van der Waals surface area contributed by atoms with Crippen molar-refractivity contribution in [2.75, 3.05) is 6.54 Å². The number of pyridine rings is 1. The highest BCUT2D eigenvalue weighted by Crippen LogP contribution is 2.05. The van der Waals surface area contributed by atoms with E-state index in [0.29, 0.717) is 11.7 Å². The number of thiocarbonyl (C=S) groups is 1. The highest BCUT2D eigenvalue weighted by atomic mass is 32.1. The van der Waals surface area contributed by atoms with Crippen molar-refractivity contribution >= 4 is 23.0 Å². The molecule has 0 bridgehead atoms. The van der Waals surface area contributed by atoms with Gasteiger partial charge in [-0.05, 0) is 30.3 Å². The van der Waals surface area contributed by atoms with Crippen molar-refractivity contribution in [3.8, 4) is 0 Å². The summed E-state index contributed by atoms with van der Waals surface area (Å²) in [5, 5.41) is 4.71. The van der Waals surface area contributed by atoms with Gasteiger partial charge < -0.3 is 0 Å². The van der Waals surface area contributed by atoms with E-state index < -0.39 is 0 Å². The number of hydrogen-bond acceptors (Lipinski definition) is 4. The Morgan fingerprint density at radius 1 is 1.53 bits per heavy atom. The van der Waals surface area contributed by atoms with E-state index in [4.69, 9.17) is 12.2 Å². The highest BCUT2D eigenvalue weighted by molar-refractivity contribution is 7.80. The molecule has 0 aliphatic rings. The van der Waals surface area contributed by atoms with Gasteiger partial charge in [-0.3, -0.25) is 15.8 Å². The number of hydrogen-bond donors (Lipinski definition) is 3. The number of nitrogens with one attached hydrogen (secondary N) is 3. The lowest BCUT2D eigenvalue weighted by atomic mass is 10.1. The fraction of sp³-hybridized carbons (Fsp3) is 0.308. The summed E-state index contributed by atoms with van der Waals surface area (Å²) in [6, 6.07) is 5.73. The normalized spacial score (nSPS) is 11.2. The number of hydrazine groups is 1. The number of hydrazone groups is 1. The first-order chi connectivity index (χ1) is 9.15. The third-order valence-corrected chi connectivity index (χ3v) is 2.39. The standard InChI is InChI=1S/C13H19N5S/c1-4-8-15-17-13(19)18-16-12(10(2)3)11-7-5-6-9-14-11/h4-7,9-10,15H,1,8H2,2-3H3,(H2,17,18,19)/b16-12+. The van der Waals surface area contributed by atoms with Crippen LogP contribution in [0.3, 0.4) is 0 Å². The maximum Gasteiger partial charge on any atom is 0.201 e. The Bertz CT molecular complexity index is 442. The van der Waals surface area contributed by atoms with Gasteiger partial charge in [-0.15, -0.1) is 6.58 Å². The third-order valence-electron chi connectivity index (χ3n) is 2.20. The van der Waals surface area contributed by atoms with Crippen LogP contribution >= 0.6 is 12.2 Å². The molecule has 3 N–H and O–H groups in total. The molecule has 0 saturated carbocycles. The first kappa shape index (κ1) is 15.3. The van der Waals surface area contributed by atoms with Crippen LogP contribution in [0.2, 0.25) is 0 Å². The largest absolute Gasteiger partial charge is 0.297 e. The van der Waals surface area contributed by atoms with Crippen LogP contribution in [0, 0.1) is 5.92 Å². The smallest absolute Gasteiger partial charge is 0.201 e. The van der Waals surface area contributed by atoms with Crippen LogP contribution in [0.5, 0.6) is 0 Å². The number of rotatable bonds is 6. The number of aromatic nitrogens is 1. The molecule has 0 spiro atoms. The molecule has 5 nitrogen and oxygen atoms in total. The molecule has 0 aliphatic carbocycles. The summed E-state index contributed by atoms with van der Waals surface area (Å²) in [5.41, 5.74) is 10.2. The second-order valence-electron chi connectivity index (χ2n) is 4.10. The van der Waals surface area contributed by atoms with Crippen molar-refractivity contribution in [2.24, 2.45) is 11.0 Å². The van der Waals surface area contributed by atoms with Crippen molar-refractivity contribution in [3.05, 3.63) is 42.7 Å². The predicted molar refractivity (Wildman–Crippen MR) is 82.7 cm³/mol. The third kappa shape index (κ3) is 5.58. The first-order valence-corrected chi connectivity index (χ1v) is 6.44. The zero-order valence-electron chi connectivity index (χ0n) is 11.2. The van der Waals surface area contributed by atoms with E-state index in [2.05, 4.69) is 46.8 Å². The molecule has 0 atom stereocenters. The van der Waals surface area contributed by atoms with E-state index in [-0.39, 0.29) is 5.92 Å². The van der Waals surface area contributed by atoms with Gasteiger partial charge in [-0.25, -0.2) is 5.43 Å². The molecule has 1 heterocycles. The first-order valence-electron chi connectivity index (χ1n) is 6.04. The lowest BCUT2D eigenvalue weighted by Gasteiger charge is -2.11. The fourth-order valence-corrected chi connectivity index (χ4v) is 1.46. The van der Waals surface area contributed by atoms with Crippen LogP contribution < -0.4 is 16.3 Å². The summed E-state index contributed by atoms with van der Waals surface area (Å²) < 4.78 is 0. The summed E-state index contributed by atoms with van der Waals surface area (Å²) in [6.07, 6.45) is 3.47. The van der Waals surface area contributed by atoms with Crippen molar-refractivity contribution in [1.29, 1.82) is 0 Å². The van der Waals surface area contributed by atoms with E-state index in [1.165, 1.54) is 0 Å². The second-order valence-corrected chi connectivity index (χ2v) is 4.51. The Kier molecular flexibility index (Phi) is 6.70. The van der Waals surface area contributed by atoms with Crippen molar-refractivity contribution in [2.45, 2.75) is 13.8 Å². The minimum absolute atomic E-state index is 0.242.